The summed E-state index contributed by atoms with van der Waals surface area (Å²) in [7, 11) is 0. The van der Waals surface area contributed by atoms with Gasteiger partial charge in [-0.1, -0.05) is 87.0 Å². The molecule has 0 unspecified atom stereocenters. The fraction of sp³-hybridized carbons (Fsp3) is 0.294. The maximum absolute atomic E-state index is 3.60. The summed E-state index contributed by atoms with van der Waals surface area (Å²) in [6.45, 7) is 14.7. The molecule has 1 aromatic carbocycles. The van der Waals surface area contributed by atoms with E-state index in [2.05, 4.69) is 26.7 Å². The normalized spacial score (nSPS) is 7.65. The number of hydrogen-bond donors (Lipinski definition) is 0. The lowest BCUT2D eigenvalue weighted by Gasteiger charge is -1.81. The van der Waals surface area contributed by atoms with Crippen molar-refractivity contribution in [3.05, 3.63) is 73.9 Å². The van der Waals surface area contributed by atoms with E-state index in [0.717, 1.165) is 5.57 Å². The molecule has 0 bridgehead atoms. The summed E-state index contributed by atoms with van der Waals surface area (Å²) in [5, 5.41) is 0. The van der Waals surface area contributed by atoms with Gasteiger partial charge in [0.1, 0.15) is 0 Å². The van der Waals surface area contributed by atoms with Gasteiger partial charge in [-0.15, -0.1) is 6.58 Å². The summed E-state index contributed by atoms with van der Waals surface area (Å²) >= 11 is 0. The highest BCUT2D eigenvalue weighted by Gasteiger charge is 1.71. The lowest BCUT2D eigenvalue weighted by atomic mass is 10.3. The SMILES string of the molecule is C=CC(=C)C.C=CCCCC.c1ccccc1. The van der Waals surface area contributed by atoms with Gasteiger partial charge < -0.3 is 0 Å². The van der Waals surface area contributed by atoms with Crippen molar-refractivity contribution in [2.45, 2.75) is 33.1 Å². The van der Waals surface area contributed by atoms with Gasteiger partial charge in [0.2, 0.25) is 0 Å². The van der Waals surface area contributed by atoms with Crippen LogP contribution in [0.5, 0.6) is 0 Å². The minimum absolute atomic E-state index is 1.02. The molecule has 0 radical (unpaired) electrons. The van der Waals surface area contributed by atoms with Crippen LogP contribution in [-0.4, -0.2) is 0 Å². The summed E-state index contributed by atoms with van der Waals surface area (Å²) in [5.41, 5.74) is 1.02. The highest BCUT2D eigenvalue weighted by molar-refractivity contribution is 5.05. The summed E-state index contributed by atoms with van der Waals surface area (Å²) in [6.07, 6.45) is 7.44. The Labute approximate surface area is 107 Å². The van der Waals surface area contributed by atoms with Gasteiger partial charge in [-0.3, -0.25) is 0 Å². The van der Waals surface area contributed by atoms with Crippen LogP contribution in [0.3, 0.4) is 0 Å². The average Bonchev–Trinajstić information content (AvgIpc) is 2.39. The van der Waals surface area contributed by atoms with Crippen molar-refractivity contribution in [3.8, 4) is 0 Å². The molecule has 0 atom stereocenters. The number of rotatable bonds is 4. The van der Waals surface area contributed by atoms with E-state index in [-0.39, 0.29) is 0 Å². The van der Waals surface area contributed by atoms with E-state index in [1.807, 2.05) is 49.4 Å². The highest BCUT2D eigenvalue weighted by atomic mass is 13.8. The molecular weight excluding hydrogens is 204 g/mol. The number of benzene rings is 1. The van der Waals surface area contributed by atoms with Crippen LogP contribution in [0, 0.1) is 0 Å². The predicted molar refractivity (Wildman–Crippen MR) is 81.2 cm³/mol. The smallest absolute Gasteiger partial charge is 0.0354 e. The summed E-state index contributed by atoms with van der Waals surface area (Å²) in [4.78, 5) is 0. The Hall–Kier alpha value is -1.56. The van der Waals surface area contributed by atoms with Crippen molar-refractivity contribution in [3.63, 3.8) is 0 Å². The zero-order valence-corrected chi connectivity index (χ0v) is 11.4. The first-order chi connectivity index (χ1) is 8.18. The third-order valence-corrected chi connectivity index (χ3v) is 1.78. The molecule has 0 aromatic heterocycles. The molecule has 0 spiro atoms. The Morgan fingerprint density at radius 3 is 1.47 bits per heavy atom. The van der Waals surface area contributed by atoms with E-state index in [4.69, 9.17) is 0 Å². The lowest BCUT2D eigenvalue weighted by Crippen LogP contribution is -1.61. The zero-order chi connectivity index (χ0) is 13.4. The molecule has 0 heterocycles. The second kappa shape index (κ2) is 16.9. The van der Waals surface area contributed by atoms with E-state index < -0.39 is 0 Å². The summed E-state index contributed by atoms with van der Waals surface area (Å²) < 4.78 is 0. The molecule has 94 valence electrons. The van der Waals surface area contributed by atoms with Crippen LogP contribution in [0.25, 0.3) is 0 Å². The third-order valence-electron chi connectivity index (χ3n) is 1.78. The van der Waals surface area contributed by atoms with E-state index >= 15 is 0 Å². The predicted octanol–water partition coefficient (Wildman–Crippen LogP) is 5.80. The summed E-state index contributed by atoms with van der Waals surface area (Å²) in [5.74, 6) is 0. The Bertz CT molecular complexity index is 243. The van der Waals surface area contributed by atoms with Crippen molar-refractivity contribution < 1.29 is 0 Å². The Morgan fingerprint density at radius 1 is 1.00 bits per heavy atom. The Morgan fingerprint density at radius 2 is 1.35 bits per heavy atom. The van der Waals surface area contributed by atoms with Crippen molar-refractivity contribution in [1.82, 2.24) is 0 Å². The molecule has 0 aliphatic carbocycles. The monoisotopic (exact) mass is 230 g/mol. The number of hydrogen-bond acceptors (Lipinski definition) is 0. The first-order valence-corrected chi connectivity index (χ1v) is 6.07. The van der Waals surface area contributed by atoms with Gasteiger partial charge >= 0.3 is 0 Å². The molecule has 0 amide bonds. The standard InChI is InChI=1S/C6H6.C6H12.C5H8/c1-2-4-6-5-3-1;1-3-5-6-4-2;1-4-5(2)3/h1-6H;3H,1,4-6H2,2H3;4H,1-2H2,3H3. The fourth-order valence-corrected chi connectivity index (χ4v) is 0.733. The molecule has 0 saturated carbocycles. The van der Waals surface area contributed by atoms with Gasteiger partial charge in [-0.2, -0.15) is 0 Å². The van der Waals surface area contributed by atoms with Gasteiger partial charge in [0.05, 0.1) is 0 Å². The molecule has 0 N–H and O–H groups in total. The molecule has 0 nitrogen and oxygen atoms in total. The van der Waals surface area contributed by atoms with Crippen molar-refractivity contribution >= 4 is 0 Å². The minimum atomic E-state index is 1.02. The average molecular weight is 230 g/mol. The quantitative estimate of drug-likeness (QED) is 0.348. The van der Waals surface area contributed by atoms with Crippen LogP contribution in [0.4, 0.5) is 0 Å². The number of unbranched alkanes of at least 4 members (excludes halogenated alkanes) is 2. The van der Waals surface area contributed by atoms with Gasteiger partial charge in [-0.05, 0) is 13.3 Å². The van der Waals surface area contributed by atoms with Crippen LogP contribution in [-0.2, 0) is 0 Å². The Kier molecular flexibility index (Phi) is 17.7. The molecule has 0 aliphatic rings. The molecule has 0 saturated heterocycles. The van der Waals surface area contributed by atoms with Crippen LogP contribution >= 0.6 is 0 Å². The molecule has 0 aliphatic heterocycles. The topological polar surface area (TPSA) is 0 Å². The summed E-state index contributed by atoms with van der Waals surface area (Å²) in [6, 6.07) is 12.0. The second-order valence-corrected chi connectivity index (χ2v) is 3.64. The third kappa shape index (κ3) is 25.1. The Balaban J connectivity index is 0. The van der Waals surface area contributed by atoms with Crippen molar-refractivity contribution in [2.75, 3.05) is 0 Å². The molecule has 0 heteroatoms. The fourth-order valence-electron chi connectivity index (χ4n) is 0.733. The van der Waals surface area contributed by atoms with Crippen molar-refractivity contribution in [2.24, 2.45) is 0 Å². The molecular formula is C17H26. The van der Waals surface area contributed by atoms with E-state index in [9.17, 15) is 0 Å². The van der Waals surface area contributed by atoms with Crippen LogP contribution in [0.2, 0.25) is 0 Å². The largest absolute Gasteiger partial charge is 0.103 e. The number of allylic oxidation sites excluding steroid dienone is 3. The second-order valence-electron chi connectivity index (χ2n) is 3.64. The van der Waals surface area contributed by atoms with E-state index in [1.165, 1.54) is 19.3 Å². The van der Waals surface area contributed by atoms with Crippen LogP contribution < -0.4 is 0 Å². The van der Waals surface area contributed by atoms with Gasteiger partial charge in [0, 0.05) is 0 Å². The molecule has 17 heavy (non-hydrogen) atoms. The first kappa shape index (κ1) is 17.8. The minimum Gasteiger partial charge on any atom is -0.103 e. The molecule has 1 aromatic rings. The highest BCUT2D eigenvalue weighted by Crippen LogP contribution is 1.91. The van der Waals surface area contributed by atoms with Gasteiger partial charge in [-0.25, -0.2) is 0 Å². The van der Waals surface area contributed by atoms with Crippen molar-refractivity contribution in [1.29, 1.82) is 0 Å². The molecule has 0 fully saturated rings. The maximum Gasteiger partial charge on any atom is -0.0354 e. The first-order valence-electron chi connectivity index (χ1n) is 6.07. The maximum atomic E-state index is 3.60. The van der Waals surface area contributed by atoms with E-state index in [1.54, 1.807) is 6.08 Å². The molecule has 1 rings (SSSR count). The lowest BCUT2D eigenvalue weighted by molar-refractivity contribution is 0.816. The van der Waals surface area contributed by atoms with Crippen LogP contribution in [0.1, 0.15) is 33.1 Å². The van der Waals surface area contributed by atoms with Crippen LogP contribution in [0.15, 0.2) is 73.9 Å². The van der Waals surface area contributed by atoms with E-state index in [0.29, 0.717) is 0 Å². The zero-order valence-electron chi connectivity index (χ0n) is 11.4. The van der Waals surface area contributed by atoms with Gasteiger partial charge in [0.15, 0.2) is 0 Å². The van der Waals surface area contributed by atoms with Gasteiger partial charge in [0.25, 0.3) is 0 Å².